The van der Waals surface area contributed by atoms with Gasteiger partial charge in [0.1, 0.15) is 0 Å². The normalized spacial score (nSPS) is 20.8. The van der Waals surface area contributed by atoms with Crippen molar-refractivity contribution >= 4 is 11.9 Å². The van der Waals surface area contributed by atoms with E-state index in [0.717, 1.165) is 38.5 Å². The Labute approximate surface area is 107 Å². The molecule has 6 nitrogen and oxygen atoms in total. The van der Waals surface area contributed by atoms with Crippen molar-refractivity contribution in [2.45, 2.75) is 44.6 Å². The number of aliphatic carboxylic acids is 1. The molecular weight excluding hydrogens is 236 g/mol. The molecule has 1 rings (SSSR count). The first-order chi connectivity index (χ1) is 8.52. The molecule has 1 aliphatic rings. The summed E-state index contributed by atoms with van der Waals surface area (Å²) in [6, 6.07) is 0. The standard InChI is InChI=1S/C12H22N2O4/c13-8-12(5-3-1-2-4-6-12)11(18)14-7-9(15)10(16)17/h9,15H,1-8,13H2,(H,14,18)(H,16,17). The third-order valence-electron chi connectivity index (χ3n) is 3.67. The maximum absolute atomic E-state index is 12.1. The van der Waals surface area contributed by atoms with E-state index in [9.17, 15) is 9.59 Å². The van der Waals surface area contributed by atoms with Crippen LogP contribution in [0.2, 0.25) is 0 Å². The number of aliphatic hydroxyl groups is 1. The van der Waals surface area contributed by atoms with Gasteiger partial charge in [-0.05, 0) is 12.8 Å². The van der Waals surface area contributed by atoms with Crippen LogP contribution < -0.4 is 11.1 Å². The minimum Gasteiger partial charge on any atom is -0.479 e. The van der Waals surface area contributed by atoms with E-state index in [1.807, 2.05) is 0 Å². The second kappa shape index (κ2) is 6.70. The number of nitrogens with one attached hydrogen (secondary N) is 1. The van der Waals surface area contributed by atoms with E-state index >= 15 is 0 Å². The van der Waals surface area contributed by atoms with Crippen molar-refractivity contribution in [1.29, 1.82) is 0 Å². The third-order valence-corrected chi connectivity index (χ3v) is 3.67. The average Bonchev–Trinajstić information content (AvgIpc) is 2.61. The molecule has 104 valence electrons. The van der Waals surface area contributed by atoms with Gasteiger partial charge in [0.25, 0.3) is 0 Å². The lowest BCUT2D eigenvalue weighted by atomic mass is 9.79. The number of rotatable bonds is 5. The van der Waals surface area contributed by atoms with Gasteiger partial charge in [-0.3, -0.25) is 4.79 Å². The van der Waals surface area contributed by atoms with Crippen LogP contribution in [0.15, 0.2) is 0 Å². The van der Waals surface area contributed by atoms with E-state index in [4.69, 9.17) is 15.9 Å². The molecule has 0 aliphatic heterocycles. The zero-order valence-corrected chi connectivity index (χ0v) is 10.5. The van der Waals surface area contributed by atoms with Crippen molar-refractivity contribution in [3.05, 3.63) is 0 Å². The Kier molecular flexibility index (Phi) is 5.55. The number of hydrogen-bond acceptors (Lipinski definition) is 4. The highest BCUT2D eigenvalue weighted by molar-refractivity contribution is 5.83. The first-order valence-corrected chi connectivity index (χ1v) is 6.41. The Bertz CT molecular complexity index is 298. The monoisotopic (exact) mass is 258 g/mol. The van der Waals surface area contributed by atoms with Gasteiger partial charge in [0.15, 0.2) is 6.10 Å². The van der Waals surface area contributed by atoms with Crippen LogP contribution in [0.3, 0.4) is 0 Å². The van der Waals surface area contributed by atoms with Crippen molar-refractivity contribution in [2.24, 2.45) is 11.1 Å². The molecule has 0 saturated heterocycles. The van der Waals surface area contributed by atoms with E-state index in [1.54, 1.807) is 0 Å². The Morgan fingerprint density at radius 2 is 1.78 bits per heavy atom. The minimum absolute atomic E-state index is 0.229. The van der Waals surface area contributed by atoms with E-state index in [1.165, 1.54) is 0 Å². The molecule has 0 heterocycles. The van der Waals surface area contributed by atoms with Crippen molar-refractivity contribution in [3.8, 4) is 0 Å². The lowest BCUT2D eigenvalue weighted by Gasteiger charge is -2.30. The molecule has 5 N–H and O–H groups in total. The maximum atomic E-state index is 12.1. The summed E-state index contributed by atoms with van der Waals surface area (Å²) in [5.41, 5.74) is 5.15. The van der Waals surface area contributed by atoms with Crippen molar-refractivity contribution in [2.75, 3.05) is 13.1 Å². The van der Waals surface area contributed by atoms with Gasteiger partial charge >= 0.3 is 5.97 Å². The summed E-state index contributed by atoms with van der Waals surface area (Å²) in [7, 11) is 0. The van der Waals surface area contributed by atoms with E-state index < -0.39 is 17.5 Å². The van der Waals surface area contributed by atoms with Gasteiger partial charge in [0.05, 0.1) is 12.0 Å². The van der Waals surface area contributed by atoms with Gasteiger partial charge in [-0.15, -0.1) is 0 Å². The highest BCUT2D eigenvalue weighted by Crippen LogP contribution is 2.34. The van der Waals surface area contributed by atoms with E-state index in [-0.39, 0.29) is 19.0 Å². The van der Waals surface area contributed by atoms with Crippen LogP contribution in [0.1, 0.15) is 38.5 Å². The number of carbonyl (C=O) groups is 2. The molecule has 1 unspecified atom stereocenters. The second-order valence-electron chi connectivity index (χ2n) is 4.96. The first-order valence-electron chi connectivity index (χ1n) is 6.41. The van der Waals surface area contributed by atoms with Crippen molar-refractivity contribution < 1.29 is 19.8 Å². The zero-order valence-electron chi connectivity index (χ0n) is 10.5. The lowest BCUT2D eigenvalue weighted by molar-refractivity contribution is -0.146. The van der Waals surface area contributed by atoms with Crippen molar-refractivity contribution in [1.82, 2.24) is 5.32 Å². The number of carbonyl (C=O) groups excluding carboxylic acids is 1. The smallest absolute Gasteiger partial charge is 0.334 e. The van der Waals surface area contributed by atoms with Gasteiger partial charge in [0.2, 0.25) is 5.91 Å². The lowest BCUT2D eigenvalue weighted by Crippen LogP contribution is -2.48. The van der Waals surface area contributed by atoms with Gasteiger partial charge in [-0.25, -0.2) is 4.79 Å². The molecule has 0 bridgehead atoms. The van der Waals surface area contributed by atoms with Crippen LogP contribution in [0.4, 0.5) is 0 Å². The summed E-state index contributed by atoms with van der Waals surface area (Å²) >= 11 is 0. The van der Waals surface area contributed by atoms with Crippen LogP contribution >= 0.6 is 0 Å². The van der Waals surface area contributed by atoms with Crippen LogP contribution in [-0.4, -0.2) is 41.3 Å². The fourth-order valence-corrected chi connectivity index (χ4v) is 2.39. The molecule has 1 saturated carbocycles. The molecule has 0 radical (unpaired) electrons. The van der Waals surface area contributed by atoms with E-state index in [2.05, 4.69) is 5.32 Å². The fourth-order valence-electron chi connectivity index (χ4n) is 2.39. The molecule has 0 aromatic heterocycles. The van der Waals surface area contributed by atoms with E-state index in [0.29, 0.717) is 0 Å². The molecule has 0 spiro atoms. The molecule has 1 fully saturated rings. The summed E-state index contributed by atoms with van der Waals surface area (Å²) in [6.45, 7) is -0.00207. The summed E-state index contributed by atoms with van der Waals surface area (Å²) in [5.74, 6) is -1.56. The molecular formula is C12H22N2O4. The zero-order chi connectivity index (χ0) is 13.6. The number of carboxylic acid groups (broad SMARTS) is 1. The molecule has 1 aliphatic carbocycles. The maximum Gasteiger partial charge on any atom is 0.334 e. The summed E-state index contributed by atoms with van der Waals surface area (Å²) in [5, 5.41) is 20.2. The Hall–Kier alpha value is -1.14. The largest absolute Gasteiger partial charge is 0.479 e. The molecule has 1 amide bonds. The molecule has 18 heavy (non-hydrogen) atoms. The second-order valence-corrected chi connectivity index (χ2v) is 4.96. The van der Waals surface area contributed by atoms with Crippen LogP contribution in [0.5, 0.6) is 0 Å². The average molecular weight is 258 g/mol. The first kappa shape index (κ1) is 14.9. The fraction of sp³-hybridized carbons (Fsp3) is 0.833. The molecule has 1 atom stereocenters. The quantitative estimate of drug-likeness (QED) is 0.512. The molecule has 6 heteroatoms. The van der Waals surface area contributed by atoms with Gasteiger partial charge < -0.3 is 21.3 Å². The number of nitrogens with two attached hydrogens (primary N) is 1. The topological polar surface area (TPSA) is 113 Å². The number of carboxylic acids is 1. The molecule has 0 aromatic carbocycles. The highest BCUT2D eigenvalue weighted by atomic mass is 16.4. The van der Waals surface area contributed by atoms with Gasteiger partial charge in [-0.1, -0.05) is 25.7 Å². The van der Waals surface area contributed by atoms with Gasteiger partial charge in [-0.2, -0.15) is 0 Å². The highest BCUT2D eigenvalue weighted by Gasteiger charge is 2.37. The van der Waals surface area contributed by atoms with Gasteiger partial charge in [0, 0.05) is 6.54 Å². The third kappa shape index (κ3) is 3.68. The Balaban J connectivity index is 2.58. The van der Waals surface area contributed by atoms with Crippen LogP contribution in [0.25, 0.3) is 0 Å². The SMILES string of the molecule is NCC1(C(=O)NCC(O)C(=O)O)CCCCCC1. The predicted molar refractivity (Wildman–Crippen MR) is 65.8 cm³/mol. The summed E-state index contributed by atoms with van der Waals surface area (Å²) < 4.78 is 0. The molecule has 0 aromatic rings. The predicted octanol–water partition coefficient (Wildman–Crippen LogP) is -0.153. The number of hydrogen-bond donors (Lipinski definition) is 4. The minimum atomic E-state index is -1.56. The summed E-state index contributed by atoms with van der Waals surface area (Å²) in [6.07, 6.45) is 4.05. The Morgan fingerprint density at radius 1 is 1.22 bits per heavy atom. The van der Waals surface area contributed by atoms with Crippen LogP contribution in [0, 0.1) is 5.41 Å². The van der Waals surface area contributed by atoms with Crippen LogP contribution in [-0.2, 0) is 9.59 Å². The van der Waals surface area contributed by atoms with Crippen molar-refractivity contribution in [3.63, 3.8) is 0 Å². The number of amides is 1. The number of aliphatic hydroxyl groups excluding tert-OH is 1. The Morgan fingerprint density at radius 3 is 2.22 bits per heavy atom. The summed E-state index contributed by atoms with van der Waals surface area (Å²) in [4.78, 5) is 22.6.